The molecule has 3 nitrogen and oxygen atoms in total. The van der Waals surface area contributed by atoms with E-state index in [1.165, 1.54) is 23.3 Å². The quantitative estimate of drug-likeness (QED) is 0.836. The van der Waals surface area contributed by atoms with Crippen LogP contribution in [0.3, 0.4) is 0 Å². The van der Waals surface area contributed by atoms with Crippen LogP contribution in [0.2, 0.25) is 0 Å². The third-order valence-electron chi connectivity index (χ3n) is 4.35. The first-order valence-corrected chi connectivity index (χ1v) is 7.64. The SMILES string of the molecule is CC1=CCCN[C@H]1C1=N[C@H](c2ncccc2C)CCC1. The minimum absolute atomic E-state index is 0.247. The zero-order chi connectivity index (χ0) is 13.9. The third kappa shape index (κ3) is 2.68. The molecular formula is C17H23N3. The van der Waals surface area contributed by atoms with Crippen LogP contribution in [0.5, 0.6) is 0 Å². The highest BCUT2D eigenvalue weighted by molar-refractivity contribution is 5.93. The van der Waals surface area contributed by atoms with E-state index in [2.05, 4.69) is 36.3 Å². The topological polar surface area (TPSA) is 37.3 Å². The fourth-order valence-corrected chi connectivity index (χ4v) is 3.26. The van der Waals surface area contributed by atoms with Gasteiger partial charge in [-0.1, -0.05) is 17.7 Å². The molecule has 0 unspecified atom stereocenters. The maximum Gasteiger partial charge on any atom is 0.0922 e. The van der Waals surface area contributed by atoms with Gasteiger partial charge in [-0.2, -0.15) is 0 Å². The fraction of sp³-hybridized carbons (Fsp3) is 0.529. The zero-order valence-corrected chi connectivity index (χ0v) is 12.4. The van der Waals surface area contributed by atoms with Crippen LogP contribution in [0.1, 0.15) is 49.9 Å². The lowest BCUT2D eigenvalue weighted by Crippen LogP contribution is -2.41. The van der Waals surface area contributed by atoms with Gasteiger partial charge in [0.2, 0.25) is 0 Å². The van der Waals surface area contributed by atoms with E-state index in [-0.39, 0.29) is 6.04 Å². The average molecular weight is 269 g/mol. The van der Waals surface area contributed by atoms with Gasteiger partial charge in [0.25, 0.3) is 0 Å². The molecule has 0 saturated carbocycles. The van der Waals surface area contributed by atoms with E-state index in [1.54, 1.807) is 0 Å². The average Bonchev–Trinajstić information content (AvgIpc) is 2.48. The highest BCUT2D eigenvalue weighted by atomic mass is 15.0. The number of nitrogens with zero attached hydrogens (tertiary/aromatic N) is 2. The summed E-state index contributed by atoms with van der Waals surface area (Å²) in [7, 11) is 0. The standard InChI is InChI=1S/C17H23N3/c1-12-6-4-10-18-16(12)14-8-3-9-15(20-14)17-13(2)7-5-11-19-17/h4,6-7,10,14,17,19H,3,5,8-9,11H2,1-2H3/t14-,17+/m0/s1. The van der Waals surface area contributed by atoms with Crippen molar-refractivity contribution in [1.29, 1.82) is 0 Å². The van der Waals surface area contributed by atoms with Gasteiger partial charge in [0, 0.05) is 11.9 Å². The summed E-state index contributed by atoms with van der Waals surface area (Å²) in [6.45, 7) is 5.42. The van der Waals surface area contributed by atoms with Crippen molar-refractivity contribution in [3.63, 3.8) is 0 Å². The van der Waals surface area contributed by atoms with Crippen LogP contribution in [0, 0.1) is 6.92 Å². The first kappa shape index (κ1) is 13.5. The maximum atomic E-state index is 5.04. The first-order valence-electron chi connectivity index (χ1n) is 7.64. The summed E-state index contributed by atoms with van der Waals surface area (Å²) in [4.78, 5) is 9.60. The Morgan fingerprint density at radius 1 is 1.30 bits per heavy atom. The van der Waals surface area contributed by atoms with Crippen molar-refractivity contribution in [1.82, 2.24) is 10.3 Å². The Morgan fingerprint density at radius 3 is 3.00 bits per heavy atom. The van der Waals surface area contributed by atoms with Gasteiger partial charge in [0.05, 0.1) is 17.8 Å². The van der Waals surface area contributed by atoms with E-state index in [1.807, 2.05) is 12.3 Å². The second-order valence-corrected chi connectivity index (χ2v) is 5.86. The number of hydrogen-bond donors (Lipinski definition) is 1. The second-order valence-electron chi connectivity index (χ2n) is 5.86. The minimum atomic E-state index is 0.247. The maximum absolute atomic E-state index is 5.04. The molecular weight excluding hydrogens is 246 g/mol. The lowest BCUT2D eigenvalue weighted by atomic mass is 9.91. The van der Waals surface area contributed by atoms with E-state index in [0.717, 1.165) is 31.5 Å². The summed E-state index contributed by atoms with van der Waals surface area (Å²) < 4.78 is 0. The molecule has 1 aromatic heterocycles. The molecule has 0 aliphatic carbocycles. The molecule has 0 bridgehead atoms. The second kappa shape index (κ2) is 5.88. The molecule has 0 radical (unpaired) electrons. The van der Waals surface area contributed by atoms with Crippen LogP contribution in [-0.2, 0) is 0 Å². The van der Waals surface area contributed by atoms with Gasteiger partial charge in [-0.05, 0) is 57.7 Å². The van der Waals surface area contributed by atoms with Crippen molar-refractivity contribution >= 4 is 5.71 Å². The van der Waals surface area contributed by atoms with Crippen LogP contribution < -0.4 is 5.32 Å². The van der Waals surface area contributed by atoms with Crippen molar-refractivity contribution in [2.24, 2.45) is 4.99 Å². The monoisotopic (exact) mass is 269 g/mol. The van der Waals surface area contributed by atoms with E-state index in [0.29, 0.717) is 6.04 Å². The Morgan fingerprint density at radius 2 is 2.20 bits per heavy atom. The summed E-state index contributed by atoms with van der Waals surface area (Å²) >= 11 is 0. The molecule has 0 spiro atoms. The highest BCUT2D eigenvalue weighted by Gasteiger charge is 2.25. The Hall–Kier alpha value is -1.48. The summed E-state index contributed by atoms with van der Waals surface area (Å²) in [5, 5.41) is 3.61. The molecule has 3 heterocycles. The predicted molar refractivity (Wildman–Crippen MR) is 83.2 cm³/mol. The van der Waals surface area contributed by atoms with Gasteiger partial charge in [-0.3, -0.25) is 9.98 Å². The van der Waals surface area contributed by atoms with Crippen molar-refractivity contribution in [3.8, 4) is 0 Å². The molecule has 0 fully saturated rings. The number of pyridine rings is 1. The van der Waals surface area contributed by atoms with E-state index in [4.69, 9.17) is 4.99 Å². The molecule has 0 amide bonds. The van der Waals surface area contributed by atoms with E-state index >= 15 is 0 Å². The van der Waals surface area contributed by atoms with Crippen LogP contribution in [0.15, 0.2) is 35.0 Å². The molecule has 2 atom stereocenters. The lowest BCUT2D eigenvalue weighted by molar-refractivity contribution is 0.552. The van der Waals surface area contributed by atoms with Crippen LogP contribution in [0.25, 0.3) is 0 Å². The summed E-state index contributed by atoms with van der Waals surface area (Å²) in [5.74, 6) is 0. The number of aryl methyl sites for hydroxylation is 1. The Balaban J connectivity index is 1.88. The van der Waals surface area contributed by atoms with Gasteiger partial charge < -0.3 is 5.32 Å². The summed E-state index contributed by atoms with van der Waals surface area (Å²) in [5.41, 5.74) is 5.15. The minimum Gasteiger partial charge on any atom is -0.305 e. The predicted octanol–water partition coefficient (Wildman–Crippen LogP) is 3.36. The molecule has 3 heteroatoms. The number of rotatable bonds is 2. The van der Waals surface area contributed by atoms with Crippen molar-refractivity contribution in [2.45, 2.75) is 51.6 Å². The zero-order valence-electron chi connectivity index (χ0n) is 12.4. The van der Waals surface area contributed by atoms with Gasteiger partial charge in [-0.15, -0.1) is 0 Å². The molecule has 1 aromatic rings. The molecule has 3 rings (SSSR count). The van der Waals surface area contributed by atoms with Gasteiger partial charge >= 0.3 is 0 Å². The van der Waals surface area contributed by atoms with Crippen LogP contribution >= 0.6 is 0 Å². The molecule has 106 valence electrons. The van der Waals surface area contributed by atoms with Crippen LogP contribution in [0.4, 0.5) is 0 Å². The van der Waals surface area contributed by atoms with Crippen molar-refractivity contribution in [2.75, 3.05) is 6.54 Å². The van der Waals surface area contributed by atoms with Crippen molar-refractivity contribution in [3.05, 3.63) is 41.2 Å². The third-order valence-corrected chi connectivity index (χ3v) is 4.35. The van der Waals surface area contributed by atoms with E-state index < -0.39 is 0 Å². The molecule has 20 heavy (non-hydrogen) atoms. The van der Waals surface area contributed by atoms with Gasteiger partial charge in [0.1, 0.15) is 0 Å². The Labute approximate surface area is 121 Å². The summed E-state index contributed by atoms with van der Waals surface area (Å²) in [6.07, 6.45) is 8.82. The fourth-order valence-electron chi connectivity index (χ4n) is 3.26. The first-order chi connectivity index (χ1) is 9.75. The van der Waals surface area contributed by atoms with Crippen LogP contribution in [-0.4, -0.2) is 23.3 Å². The molecule has 0 saturated heterocycles. The van der Waals surface area contributed by atoms with E-state index in [9.17, 15) is 0 Å². The highest BCUT2D eigenvalue weighted by Crippen LogP contribution is 2.30. The number of aliphatic imine (C=N–C) groups is 1. The van der Waals surface area contributed by atoms with Gasteiger partial charge in [-0.25, -0.2) is 0 Å². The number of aromatic nitrogens is 1. The van der Waals surface area contributed by atoms with Gasteiger partial charge in [0.15, 0.2) is 0 Å². The number of hydrogen-bond acceptors (Lipinski definition) is 3. The summed E-state index contributed by atoms with van der Waals surface area (Å²) in [6, 6.07) is 4.74. The molecule has 1 N–H and O–H groups in total. The smallest absolute Gasteiger partial charge is 0.0922 e. The molecule has 2 aliphatic rings. The molecule has 0 aromatic carbocycles. The largest absolute Gasteiger partial charge is 0.305 e. The Kier molecular flexibility index (Phi) is 3.97. The molecule has 2 aliphatic heterocycles. The lowest BCUT2D eigenvalue weighted by Gasteiger charge is -2.29. The Bertz CT molecular complexity index is 545. The normalized spacial score (nSPS) is 26.9. The van der Waals surface area contributed by atoms with Crippen molar-refractivity contribution < 1.29 is 0 Å². The number of nitrogens with one attached hydrogen (secondary N) is 1.